The van der Waals surface area contributed by atoms with Gasteiger partial charge >= 0.3 is 0 Å². The van der Waals surface area contributed by atoms with Crippen LogP contribution < -0.4 is 20.1 Å². The molecule has 2 N–H and O–H groups in total. The number of hydrogen-bond acceptors (Lipinski definition) is 5. The number of benzene rings is 2. The summed E-state index contributed by atoms with van der Waals surface area (Å²) >= 11 is 0. The second kappa shape index (κ2) is 8.77. The number of ether oxygens (including phenoxy) is 2. The van der Waals surface area contributed by atoms with E-state index in [2.05, 4.69) is 30.6 Å². The van der Waals surface area contributed by atoms with Gasteiger partial charge in [0.15, 0.2) is 11.5 Å². The average molecular weight is 379 g/mol. The Kier molecular flexibility index (Phi) is 6.17. The zero-order chi connectivity index (χ0) is 20.1. The van der Waals surface area contributed by atoms with E-state index in [-0.39, 0.29) is 17.9 Å². The maximum absolute atomic E-state index is 12.7. The van der Waals surface area contributed by atoms with Gasteiger partial charge in [0, 0.05) is 6.04 Å². The normalized spacial score (nSPS) is 14.8. The van der Waals surface area contributed by atoms with Crippen molar-refractivity contribution in [1.82, 2.24) is 5.32 Å². The molecule has 28 heavy (non-hydrogen) atoms. The summed E-state index contributed by atoms with van der Waals surface area (Å²) in [7, 11) is 0. The summed E-state index contributed by atoms with van der Waals surface area (Å²) in [5.74, 6) is 1.54. The minimum atomic E-state index is -0.452. The van der Waals surface area contributed by atoms with E-state index in [0.29, 0.717) is 24.5 Å². The highest BCUT2D eigenvalue weighted by Gasteiger charge is 2.24. The smallest absolute Gasteiger partial charge is 0.241 e. The summed E-state index contributed by atoms with van der Waals surface area (Å²) in [6.45, 7) is 7.11. The van der Waals surface area contributed by atoms with Crippen LogP contribution in [0.5, 0.6) is 11.5 Å². The molecule has 0 bridgehead atoms. The lowest BCUT2D eigenvalue weighted by molar-refractivity contribution is -0.118. The van der Waals surface area contributed by atoms with Crippen molar-refractivity contribution in [3.8, 4) is 17.6 Å². The molecule has 0 aliphatic carbocycles. The predicted molar refractivity (Wildman–Crippen MR) is 107 cm³/mol. The second-order valence-electron chi connectivity index (χ2n) is 7.16. The SMILES string of the molecule is CC(NC(c1ccc2c(c1)OCCO2)C(C)C)C(=O)Nc1ccccc1C#N. The van der Waals surface area contributed by atoms with Crippen LogP contribution in [0.3, 0.4) is 0 Å². The average Bonchev–Trinajstić information content (AvgIpc) is 2.71. The molecule has 6 nitrogen and oxygen atoms in total. The van der Waals surface area contributed by atoms with Crippen LogP contribution in [0.4, 0.5) is 5.69 Å². The van der Waals surface area contributed by atoms with Crippen molar-refractivity contribution in [3.63, 3.8) is 0 Å². The standard InChI is InChI=1S/C22H25N3O3/c1-14(2)21(16-8-9-19-20(12-16)28-11-10-27-19)24-15(3)22(26)25-18-7-5-4-6-17(18)13-23/h4-9,12,14-15,21,24H,10-11H2,1-3H3,(H,25,26). The molecular weight excluding hydrogens is 354 g/mol. The molecule has 3 rings (SSSR count). The Balaban J connectivity index is 1.73. The lowest BCUT2D eigenvalue weighted by Crippen LogP contribution is -2.41. The molecule has 1 aliphatic rings. The van der Waals surface area contributed by atoms with Gasteiger partial charge in [-0.05, 0) is 42.7 Å². The molecule has 0 aromatic heterocycles. The first-order valence-electron chi connectivity index (χ1n) is 9.45. The van der Waals surface area contributed by atoms with Crippen molar-refractivity contribution in [2.75, 3.05) is 18.5 Å². The van der Waals surface area contributed by atoms with Crippen molar-refractivity contribution >= 4 is 11.6 Å². The van der Waals surface area contributed by atoms with Crippen molar-refractivity contribution in [2.24, 2.45) is 5.92 Å². The highest BCUT2D eigenvalue weighted by atomic mass is 16.6. The lowest BCUT2D eigenvalue weighted by atomic mass is 9.94. The Morgan fingerprint density at radius 1 is 1.07 bits per heavy atom. The Hall–Kier alpha value is -3.04. The molecule has 1 aliphatic heterocycles. The number of carbonyl (C=O) groups excluding carboxylic acids is 1. The molecule has 0 spiro atoms. The first kappa shape index (κ1) is 19.7. The first-order valence-corrected chi connectivity index (χ1v) is 9.45. The first-order chi connectivity index (χ1) is 13.5. The van der Waals surface area contributed by atoms with Gasteiger partial charge in [0.05, 0.1) is 17.3 Å². The molecule has 6 heteroatoms. The highest BCUT2D eigenvalue weighted by Crippen LogP contribution is 2.34. The lowest BCUT2D eigenvalue weighted by Gasteiger charge is -2.28. The van der Waals surface area contributed by atoms with Crippen LogP contribution in [0.1, 0.15) is 37.9 Å². The van der Waals surface area contributed by atoms with E-state index < -0.39 is 6.04 Å². The number of carbonyl (C=O) groups is 1. The Morgan fingerprint density at radius 3 is 2.50 bits per heavy atom. The molecule has 0 saturated heterocycles. The van der Waals surface area contributed by atoms with Gasteiger partial charge in [0.25, 0.3) is 0 Å². The number of nitrogens with one attached hydrogen (secondary N) is 2. The number of amides is 1. The largest absolute Gasteiger partial charge is 0.486 e. The van der Waals surface area contributed by atoms with Crippen LogP contribution in [0.2, 0.25) is 0 Å². The van der Waals surface area contributed by atoms with Gasteiger partial charge in [-0.1, -0.05) is 32.0 Å². The summed E-state index contributed by atoms with van der Waals surface area (Å²) in [5.41, 5.74) is 2.00. The molecule has 2 aromatic carbocycles. The predicted octanol–water partition coefficient (Wildman–Crippen LogP) is 3.64. The van der Waals surface area contributed by atoms with E-state index >= 15 is 0 Å². The van der Waals surface area contributed by atoms with Gasteiger partial charge in [-0.25, -0.2) is 0 Å². The van der Waals surface area contributed by atoms with Crippen LogP contribution in [0, 0.1) is 17.2 Å². The number of hydrogen-bond donors (Lipinski definition) is 2. The monoisotopic (exact) mass is 379 g/mol. The van der Waals surface area contributed by atoms with E-state index in [9.17, 15) is 10.1 Å². The fraction of sp³-hybridized carbons (Fsp3) is 0.364. The minimum Gasteiger partial charge on any atom is -0.486 e. The van der Waals surface area contributed by atoms with Gasteiger partial charge in [-0.2, -0.15) is 5.26 Å². The fourth-order valence-corrected chi connectivity index (χ4v) is 3.20. The molecule has 2 atom stereocenters. The molecule has 146 valence electrons. The summed E-state index contributed by atoms with van der Waals surface area (Å²) in [6.07, 6.45) is 0. The second-order valence-corrected chi connectivity index (χ2v) is 7.16. The van der Waals surface area contributed by atoms with Crippen molar-refractivity contribution in [1.29, 1.82) is 5.26 Å². The summed E-state index contributed by atoms with van der Waals surface area (Å²) in [4.78, 5) is 12.7. The molecule has 1 heterocycles. The molecular formula is C22H25N3O3. The summed E-state index contributed by atoms with van der Waals surface area (Å²) in [6, 6.07) is 14.5. The van der Waals surface area contributed by atoms with Crippen LogP contribution in [0.15, 0.2) is 42.5 Å². The summed E-state index contributed by atoms with van der Waals surface area (Å²) < 4.78 is 11.3. The third-order valence-corrected chi connectivity index (χ3v) is 4.72. The van der Waals surface area contributed by atoms with Crippen molar-refractivity contribution < 1.29 is 14.3 Å². The molecule has 0 radical (unpaired) electrons. The van der Waals surface area contributed by atoms with E-state index in [4.69, 9.17) is 9.47 Å². The van der Waals surface area contributed by atoms with Gasteiger partial charge in [-0.15, -0.1) is 0 Å². The van der Waals surface area contributed by atoms with Gasteiger partial charge in [-0.3, -0.25) is 10.1 Å². The third-order valence-electron chi connectivity index (χ3n) is 4.72. The van der Waals surface area contributed by atoms with Crippen LogP contribution in [-0.4, -0.2) is 25.2 Å². The van der Waals surface area contributed by atoms with Crippen LogP contribution >= 0.6 is 0 Å². The molecule has 2 unspecified atom stereocenters. The zero-order valence-corrected chi connectivity index (χ0v) is 16.4. The summed E-state index contributed by atoms with van der Waals surface area (Å²) in [5, 5.41) is 15.4. The Labute approximate surface area is 165 Å². The van der Waals surface area contributed by atoms with E-state index in [1.54, 1.807) is 24.3 Å². The number of nitriles is 1. The highest BCUT2D eigenvalue weighted by molar-refractivity contribution is 5.95. The number of anilines is 1. The van der Waals surface area contributed by atoms with E-state index in [1.807, 2.05) is 25.1 Å². The van der Waals surface area contributed by atoms with Gasteiger partial charge in [0.1, 0.15) is 19.3 Å². The fourth-order valence-electron chi connectivity index (χ4n) is 3.20. The van der Waals surface area contributed by atoms with Crippen LogP contribution in [0.25, 0.3) is 0 Å². The van der Waals surface area contributed by atoms with E-state index in [0.717, 1.165) is 17.1 Å². The van der Waals surface area contributed by atoms with Crippen LogP contribution in [-0.2, 0) is 4.79 Å². The number of nitrogens with zero attached hydrogens (tertiary/aromatic N) is 1. The Bertz CT molecular complexity index is 889. The number of rotatable bonds is 6. The number of para-hydroxylation sites is 1. The minimum absolute atomic E-state index is 0.0391. The zero-order valence-electron chi connectivity index (χ0n) is 16.4. The maximum atomic E-state index is 12.7. The van der Waals surface area contributed by atoms with Gasteiger partial charge in [0.2, 0.25) is 5.91 Å². The number of fused-ring (bicyclic) bond motifs is 1. The maximum Gasteiger partial charge on any atom is 0.241 e. The van der Waals surface area contributed by atoms with Crippen molar-refractivity contribution in [3.05, 3.63) is 53.6 Å². The van der Waals surface area contributed by atoms with Crippen molar-refractivity contribution in [2.45, 2.75) is 32.9 Å². The molecule has 2 aromatic rings. The third kappa shape index (κ3) is 4.44. The van der Waals surface area contributed by atoms with E-state index in [1.165, 1.54) is 0 Å². The molecule has 0 saturated carbocycles. The van der Waals surface area contributed by atoms with Gasteiger partial charge < -0.3 is 14.8 Å². The Morgan fingerprint density at radius 2 is 1.79 bits per heavy atom. The molecule has 0 fully saturated rings. The topological polar surface area (TPSA) is 83.4 Å². The molecule has 1 amide bonds. The quantitative estimate of drug-likeness (QED) is 0.801.